The van der Waals surface area contributed by atoms with Gasteiger partial charge in [0, 0.05) is 22.2 Å². The summed E-state index contributed by atoms with van der Waals surface area (Å²) in [6, 6.07) is 2.22. The molecule has 0 aliphatic carbocycles. The Bertz CT molecular complexity index is 518. The van der Waals surface area contributed by atoms with Gasteiger partial charge in [-0.15, -0.1) is 11.3 Å². The molecule has 0 atom stereocenters. The molecule has 0 fully saturated rings. The maximum absolute atomic E-state index is 4.19. The van der Waals surface area contributed by atoms with Gasteiger partial charge in [-0.3, -0.25) is 5.43 Å². The van der Waals surface area contributed by atoms with Gasteiger partial charge in [0.2, 0.25) is 0 Å². The summed E-state index contributed by atoms with van der Waals surface area (Å²) in [5, 5.41) is 3.96. The summed E-state index contributed by atoms with van der Waals surface area (Å²) in [7, 11) is 0. The molecule has 2 heterocycles. The molecule has 1 aliphatic rings. The molecule has 2 nitrogen and oxygen atoms in total. The number of thiophene rings is 1. The zero-order valence-corrected chi connectivity index (χ0v) is 11.0. The average Bonchev–Trinajstić information content (AvgIpc) is 2.51. The first-order chi connectivity index (χ1) is 8.16. The first-order valence-electron chi connectivity index (χ1n) is 5.56. The van der Waals surface area contributed by atoms with E-state index in [0.29, 0.717) is 0 Å². The lowest BCUT2D eigenvalue weighted by Crippen LogP contribution is -1.94. The standard InChI is InChI=1S/C14H16N2S/c1-10(14-8-11(2)17-12(14)3)7-13-5-4-6-15-16-9-13/h4-6,8-9,16H,1,7H2,2-3H3. The fourth-order valence-electron chi connectivity index (χ4n) is 1.85. The van der Waals surface area contributed by atoms with Crippen molar-refractivity contribution in [2.75, 3.05) is 0 Å². The smallest absolute Gasteiger partial charge is 0.0472 e. The number of hydrazone groups is 1. The van der Waals surface area contributed by atoms with Crippen LogP contribution >= 0.6 is 11.3 Å². The predicted molar refractivity (Wildman–Crippen MR) is 76.3 cm³/mol. The predicted octanol–water partition coefficient (Wildman–Crippen LogP) is 3.80. The van der Waals surface area contributed by atoms with E-state index in [1.807, 2.05) is 23.6 Å². The van der Waals surface area contributed by atoms with E-state index in [-0.39, 0.29) is 0 Å². The van der Waals surface area contributed by atoms with E-state index in [4.69, 9.17) is 0 Å². The van der Waals surface area contributed by atoms with Crippen molar-refractivity contribution in [3.8, 4) is 0 Å². The van der Waals surface area contributed by atoms with Gasteiger partial charge in [-0.25, -0.2) is 0 Å². The Morgan fingerprint density at radius 1 is 1.47 bits per heavy atom. The molecule has 1 aromatic rings. The molecule has 0 amide bonds. The first kappa shape index (κ1) is 11.9. The second-order valence-corrected chi connectivity index (χ2v) is 5.55. The van der Waals surface area contributed by atoms with Crippen LogP contribution in [0.15, 0.2) is 41.7 Å². The Labute approximate surface area is 106 Å². The SMILES string of the molecule is C=C(CC1=CNN=CC=C1)c1cc(C)sc1C. The fourth-order valence-corrected chi connectivity index (χ4v) is 2.83. The van der Waals surface area contributed by atoms with Gasteiger partial charge < -0.3 is 0 Å². The highest BCUT2D eigenvalue weighted by atomic mass is 32.1. The van der Waals surface area contributed by atoms with E-state index in [0.717, 1.165) is 12.0 Å². The van der Waals surface area contributed by atoms with Crippen LogP contribution in [0.1, 0.15) is 21.7 Å². The topological polar surface area (TPSA) is 24.4 Å². The second-order valence-electron chi connectivity index (χ2n) is 4.09. The molecule has 0 bridgehead atoms. The van der Waals surface area contributed by atoms with Crippen molar-refractivity contribution in [3.05, 3.63) is 51.9 Å². The van der Waals surface area contributed by atoms with Gasteiger partial charge in [0.25, 0.3) is 0 Å². The van der Waals surface area contributed by atoms with Crippen molar-refractivity contribution < 1.29 is 0 Å². The minimum absolute atomic E-state index is 0.851. The number of allylic oxidation sites excluding steroid dienone is 4. The maximum Gasteiger partial charge on any atom is 0.0472 e. The molecule has 0 aromatic carbocycles. The van der Waals surface area contributed by atoms with Crippen molar-refractivity contribution in [2.45, 2.75) is 20.3 Å². The Kier molecular flexibility index (Phi) is 3.59. The lowest BCUT2D eigenvalue weighted by atomic mass is 10.0. The molecule has 0 unspecified atom stereocenters. The number of nitrogens with one attached hydrogen (secondary N) is 1. The second kappa shape index (κ2) is 5.15. The van der Waals surface area contributed by atoms with E-state index < -0.39 is 0 Å². The Hall–Kier alpha value is -1.61. The molecule has 88 valence electrons. The average molecular weight is 244 g/mol. The minimum Gasteiger partial charge on any atom is -0.286 e. The van der Waals surface area contributed by atoms with Gasteiger partial charge in [0.15, 0.2) is 0 Å². The molecule has 0 saturated carbocycles. The molecule has 0 spiro atoms. The number of aryl methyl sites for hydroxylation is 2. The van der Waals surface area contributed by atoms with Crippen molar-refractivity contribution in [2.24, 2.45) is 5.10 Å². The molecule has 2 rings (SSSR count). The van der Waals surface area contributed by atoms with Gasteiger partial charge in [-0.05, 0) is 49.1 Å². The Balaban J connectivity index is 2.12. The Morgan fingerprint density at radius 2 is 2.29 bits per heavy atom. The highest BCUT2D eigenvalue weighted by Gasteiger charge is 2.08. The van der Waals surface area contributed by atoms with Crippen molar-refractivity contribution in [1.82, 2.24) is 5.43 Å². The molecule has 0 saturated heterocycles. The monoisotopic (exact) mass is 244 g/mol. The highest BCUT2D eigenvalue weighted by Crippen LogP contribution is 2.29. The normalized spacial score (nSPS) is 14.1. The summed E-state index contributed by atoms with van der Waals surface area (Å²) in [5.41, 5.74) is 6.51. The Morgan fingerprint density at radius 3 is 3.00 bits per heavy atom. The molecule has 1 aromatic heterocycles. The van der Waals surface area contributed by atoms with Crippen LogP contribution in [0.5, 0.6) is 0 Å². The van der Waals surface area contributed by atoms with Gasteiger partial charge in [-0.1, -0.05) is 12.7 Å². The molecule has 17 heavy (non-hydrogen) atoms. The van der Waals surface area contributed by atoms with E-state index in [1.165, 1.54) is 20.9 Å². The van der Waals surface area contributed by atoms with Crippen LogP contribution < -0.4 is 5.43 Å². The number of hydrogen-bond acceptors (Lipinski definition) is 3. The van der Waals surface area contributed by atoms with Crippen LogP contribution in [0.4, 0.5) is 0 Å². The quantitative estimate of drug-likeness (QED) is 0.859. The summed E-state index contributed by atoms with van der Waals surface area (Å²) in [6.45, 7) is 8.47. The zero-order valence-electron chi connectivity index (χ0n) is 10.2. The molecule has 3 heteroatoms. The minimum atomic E-state index is 0.851. The van der Waals surface area contributed by atoms with Crippen molar-refractivity contribution in [1.29, 1.82) is 0 Å². The van der Waals surface area contributed by atoms with Crippen LogP contribution in [0.25, 0.3) is 5.57 Å². The summed E-state index contributed by atoms with van der Waals surface area (Å²) >= 11 is 1.83. The van der Waals surface area contributed by atoms with E-state index >= 15 is 0 Å². The van der Waals surface area contributed by atoms with Crippen LogP contribution in [-0.4, -0.2) is 6.21 Å². The zero-order chi connectivity index (χ0) is 12.3. The van der Waals surface area contributed by atoms with Gasteiger partial charge in [0.1, 0.15) is 0 Å². The van der Waals surface area contributed by atoms with Gasteiger partial charge >= 0.3 is 0 Å². The molecule has 0 radical (unpaired) electrons. The summed E-state index contributed by atoms with van der Waals surface area (Å²) in [6.07, 6.45) is 8.50. The number of hydrogen-bond donors (Lipinski definition) is 1. The van der Waals surface area contributed by atoms with E-state index in [9.17, 15) is 0 Å². The van der Waals surface area contributed by atoms with Crippen LogP contribution in [0, 0.1) is 13.8 Å². The van der Waals surface area contributed by atoms with Crippen LogP contribution in [0.2, 0.25) is 0 Å². The lowest BCUT2D eigenvalue weighted by molar-refractivity contribution is 0.964. The fraction of sp³-hybridized carbons (Fsp3) is 0.214. The number of rotatable bonds is 3. The number of nitrogens with zero attached hydrogens (tertiary/aromatic N) is 1. The lowest BCUT2D eigenvalue weighted by Gasteiger charge is -2.05. The molecular formula is C14H16N2S. The van der Waals surface area contributed by atoms with Crippen LogP contribution in [-0.2, 0) is 0 Å². The first-order valence-corrected chi connectivity index (χ1v) is 6.38. The highest BCUT2D eigenvalue weighted by molar-refractivity contribution is 7.12. The van der Waals surface area contributed by atoms with Crippen molar-refractivity contribution in [3.63, 3.8) is 0 Å². The third-order valence-electron chi connectivity index (χ3n) is 2.63. The third-order valence-corrected chi connectivity index (χ3v) is 3.60. The van der Waals surface area contributed by atoms with Crippen molar-refractivity contribution >= 4 is 23.1 Å². The third kappa shape index (κ3) is 2.94. The van der Waals surface area contributed by atoms with Gasteiger partial charge in [-0.2, -0.15) is 5.10 Å². The summed E-state index contributed by atoms with van der Waals surface area (Å²) in [4.78, 5) is 2.68. The van der Waals surface area contributed by atoms with Crippen LogP contribution in [0.3, 0.4) is 0 Å². The molecular weight excluding hydrogens is 228 g/mol. The van der Waals surface area contributed by atoms with E-state index in [2.05, 4.69) is 43.1 Å². The summed E-state index contributed by atoms with van der Waals surface area (Å²) in [5.74, 6) is 0. The van der Waals surface area contributed by atoms with Gasteiger partial charge in [0.05, 0.1) is 0 Å². The molecule has 1 N–H and O–H groups in total. The summed E-state index contributed by atoms with van der Waals surface area (Å²) < 4.78 is 0. The molecule has 1 aliphatic heterocycles. The maximum atomic E-state index is 4.19. The largest absolute Gasteiger partial charge is 0.286 e. The van der Waals surface area contributed by atoms with E-state index in [1.54, 1.807) is 6.21 Å².